The summed E-state index contributed by atoms with van der Waals surface area (Å²) in [5, 5.41) is 3.41. The standard InChI is InChI=1S/C25H18ClF3N2O4S/c1-34-17-8-11-20(35-2)19(13-17)30-21-22(36-18-9-6-15(26)7-10-18)24(33)31(23(21)32)16-5-3-4-14(12-16)25(27,28)29/h3-13,30H,1-2H3. The lowest BCUT2D eigenvalue weighted by molar-refractivity contribution is -0.137. The Morgan fingerprint density at radius 1 is 0.917 bits per heavy atom. The van der Waals surface area contributed by atoms with Crippen molar-refractivity contribution >= 4 is 46.6 Å². The third kappa shape index (κ3) is 5.14. The van der Waals surface area contributed by atoms with Gasteiger partial charge in [-0.1, -0.05) is 29.4 Å². The van der Waals surface area contributed by atoms with Crippen molar-refractivity contribution in [2.45, 2.75) is 11.1 Å². The summed E-state index contributed by atoms with van der Waals surface area (Å²) in [6.45, 7) is 0. The lowest BCUT2D eigenvalue weighted by Gasteiger charge is -2.17. The van der Waals surface area contributed by atoms with E-state index in [1.165, 1.54) is 20.3 Å². The third-order valence-electron chi connectivity index (χ3n) is 5.17. The van der Waals surface area contributed by atoms with E-state index in [2.05, 4.69) is 5.32 Å². The highest BCUT2D eigenvalue weighted by molar-refractivity contribution is 8.04. The number of benzene rings is 3. The molecule has 1 N–H and O–H groups in total. The number of amides is 2. The van der Waals surface area contributed by atoms with Crippen LogP contribution in [0.15, 0.2) is 82.2 Å². The highest BCUT2D eigenvalue weighted by atomic mass is 35.5. The molecule has 1 aliphatic rings. The minimum absolute atomic E-state index is 0.00962. The summed E-state index contributed by atoms with van der Waals surface area (Å²) < 4.78 is 50.5. The lowest BCUT2D eigenvalue weighted by atomic mass is 10.2. The molecule has 0 fully saturated rings. The second kappa shape index (κ2) is 10.2. The van der Waals surface area contributed by atoms with Crippen LogP contribution in [0.4, 0.5) is 24.5 Å². The zero-order valence-electron chi connectivity index (χ0n) is 18.9. The van der Waals surface area contributed by atoms with Crippen LogP contribution in [0.2, 0.25) is 5.02 Å². The summed E-state index contributed by atoms with van der Waals surface area (Å²) in [6.07, 6.45) is -4.65. The number of halogens is 4. The zero-order valence-corrected chi connectivity index (χ0v) is 20.4. The van der Waals surface area contributed by atoms with Crippen molar-refractivity contribution in [3.05, 3.63) is 87.9 Å². The largest absolute Gasteiger partial charge is 0.497 e. The number of rotatable bonds is 7. The molecule has 0 unspecified atom stereocenters. The molecule has 0 aromatic heterocycles. The van der Waals surface area contributed by atoms with E-state index in [0.717, 1.165) is 30.0 Å². The molecule has 36 heavy (non-hydrogen) atoms. The van der Waals surface area contributed by atoms with Gasteiger partial charge < -0.3 is 14.8 Å². The number of nitrogens with zero attached hydrogens (tertiary/aromatic N) is 1. The molecular weight excluding hydrogens is 517 g/mol. The molecule has 0 atom stereocenters. The molecule has 0 radical (unpaired) electrons. The first kappa shape index (κ1) is 25.5. The van der Waals surface area contributed by atoms with Crippen LogP contribution in [0.3, 0.4) is 0 Å². The number of ether oxygens (including phenoxy) is 2. The number of carbonyl (C=O) groups is 2. The molecule has 186 valence electrons. The Bertz CT molecular complexity index is 1360. The van der Waals surface area contributed by atoms with Crippen LogP contribution in [0, 0.1) is 0 Å². The van der Waals surface area contributed by atoms with E-state index in [0.29, 0.717) is 32.0 Å². The Morgan fingerprint density at radius 2 is 1.64 bits per heavy atom. The van der Waals surface area contributed by atoms with Crippen LogP contribution in [0.25, 0.3) is 0 Å². The molecule has 3 aromatic carbocycles. The third-order valence-corrected chi connectivity index (χ3v) is 6.52. The first-order chi connectivity index (χ1) is 17.1. The van der Waals surface area contributed by atoms with Gasteiger partial charge in [-0.2, -0.15) is 13.2 Å². The van der Waals surface area contributed by atoms with Crippen molar-refractivity contribution in [3.8, 4) is 11.5 Å². The predicted octanol–water partition coefficient (Wildman–Crippen LogP) is 6.37. The molecular formula is C25H18ClF3N2O4S. The Balaban J connectivity index is 1.79. The van der Waals surface area contributed by atoms with Gasteiger partial charge in [-0.25, -0.2) is 4.90 Å². The monoisotopic (exact) mass is 534 g/mol. The van der Waals surface area contributed by atoms with Gasteiger partial charge in [-0.05, 0) is 54.6 Å². The van der Waals surface area contributed by atoms with Crippen LogP contribution in [0.1, 0.15) is 5.56 Å². The molecule has 0 saturated carbocycles. The van der Waals surface area contributed by atoms with Gasteiger partial charge in [0.25, 0.3) is 11.8 Å². The van der Waals surface area contributed by atoms with Crippen molar-refractivity contribution in [2.24, 2.45) is 0 Å². The molecule has 0 saturated heterocycles. The number of methoxy groups -OCH3 is 2. The van der Waals surface area contributed by atoms with E-state index >= 15 is 0 Å². The quantitative estimate of drug-likeness (QED) is 0.356. The van der Waals surface area contributed by atoms with Gasteiger partial charge in [0.1, 0.15) is 22.1 Å². The predicted molar refractivity (Wildman–Crippen MR) is 131 cm³/mol. The van der Waals surface area contributed by atoms with Crippen molar-refractivity contribution in [2.75, 3.05) is 24.4 Å². The van der Waals surface area contributed by atoms with Gasteiger partial charge in [-0.15, -0.1) is 0 Å². The van der Waals surface area contributed by atoms with Crippen molar-refractivity contribution in [1.29, 1.82) is 0 Å². The summed E-state index contributed by atoms with van der Waals surface area (Å²) in [4.78, 5) is 28.2. The van der Waals surface area contributed by atoms with Crippen molar-refractivity contribution < 1.29 is 32.2 Å². The Kier molecular flexibility index (Phi) is 7.18. The fourth-order valence-corrected chi connectivity index (χ4v) is 4.49. The van der Waals surface area contributed by atoms with Crippen molar-refractivity contribution in [3.63, 3.8) is 0 Å². The summed E-state index contributed by atoms with van der Waals surface area (Å²) in [6, 6.07) is 15.4. The van der Waals surface area contributed by atoms with Crippen molar-refractivity contribution in [1.82, 2.24) is 0 Å². The molecule has 1 heterocycles. The molecule has 0 spiro atoms. The minimum Gasteiger partial charge on any atom is -0.497 e. The maximum atomic E-state index is 13.5. The van der Waals surface area contributed by atoms with Gasteiger partial charge in [0.2, 0.25) is 0 Å². The Hall–Kier alpha value is -3.63. The second-order valence-electron chi connectivity index (χ2n) is 7.45. The summed E-state index contributed by atoms with van der Waals surface area (Å²) in [5.74, 6) is -0.779. The Labute approximate surface area is 213 Å². The maximum absolute atomic E-state index is 13.5. The smallest absolute Gasteiger partial charge is 0.416 e. The highest BCUT2D eigenvalue weighted by Gasteiger charge is 2.41. The summed E-state index contributed by atoms with van der Waals surface area (Å²) in [5.41, 5.74) is -0.983. The number of hydrogen-bond acceptors (Lipinski definition) is 6. The Morgan fingerprint density at radius 3 is 2.28 bits per heavy atom. The molecule has 0 aliphatic carbocycles. The van der Waals surface area contributed by atoms with E-state index in [1.54, 1.807) is 42.5 Å². The van der Waals surface area contributed by atoms with E-state index in [-0.39, 0.29) is 16.3 Å². The fourth-order valence-electron chi connectivity index (χ4n) is 3.44. The van der Waals surface area contributed by atoms with Crippen LogP contribution >= 0.6 is 23.4 Å². The van der Waals surface area contributed by atoms with Crippen LogP contribution in [-0.4, -0.2) is 26.0 Å². The first-order valence-electron chi connectivity index (χ1n) is 10.3. The maximum Gasteiger partial charge on any atom is 0.416 e. The zero-order chi connectivity index (χ0) is 26.0. The number of anilines is 2. The molecule has 11 heteroatoms. The van der Waals surface area contributed by atoms with Crippen LogP contribution in [-0.2, 0) is 15.8 Å². The van der Waals surface area contributed by atoms with E-state index < -0.39 is 23.6 Å². The number of carbonyl (C=O) groups excluding carboxylic acids is 2. The average Bonchev–Trinajstić information content (AvgIpc) is 3.08. The van der Waals surface area contributed by atoms with E-state index in [4.69, 9.17) is 21.1 Å². The molecule has 0 bridgehead atoms. The molecule has 4 rings (SSSR count). The van der Waals surface area contributed by atoms with Gasteiger partial charge in [0.15, 0.2) is 0 Å². The number of hydrogen-bond donors (Lipinski definition) is 1. The topological polar surface area (TPSA) is 67.9 Å². The van der Waals surface area contributed by atoms with E-state index in [1.807, 2.05) is 0 Å². The normalized spacial score (nSPS) is 13.9. The minimum atomic E-state index is -4.65. The van der Waals surface area contributed by atoms with Gasteiger partial charge in [0.05, 0.1) is 31.2 Å². The average molecular weight is 535 g/mol. The number of imide groups is 1. The first-order valence-corrected chi connectivity index (χ1v) is 11.5. The fraction of sp³-hybridized carbons (Fsp3) is 0.120. The second-order valence-corrected chi connectivity index (χ2v) is 8.97. The lowest BCUT2D eigenvalue weighted by Crippen LogP contribution is -2.32. The molecule has 1 aliphatic heterocycles. The summed E-state index contributed by atoms with van der Waals surface area (Å²) >= 11 is 6.94. The number of nitrogens with one attached hydrogen (secondary N) is 1. The molecule has 2 amide bonds. The van der Waals surface area contributed by atoms with Crippen LogP contribution < -0.4 is 19.7 Å². The number of alkyl halides is 3. The van der Waals surface area contributed by atoms with Crippen LogP contribution in [0.5, 0.6) is 11.5 Å². The van der Waals surface area contributed by atoms with Gasteiger partial charge >= 0.3 is 6.18 Å². The SMILES string of the molecule is COc1ccc(OC)c(NC2=C(Sc3ccc(Cl)cc3)C(=O)N(c3cccc(C(F)(F)F)c3)C2=O)c1. The summed E-state index contributed by atoms with van der Waals surface area (Å²) in [7, 11) is 2.90. The van der Waals surface area contributed by atoms with E-state index in [9.17, 15) is 22.8 Å². The number of thioether (sulfide) groups is 1. The molecule has 3 aromatic rings. The van der Waals surface area contributed by atoms with Gasteiger partial charge in [0, 0.05) is 16.0 Å². The highest BCUT2D eigenvalue weighted by Crippen LogP contribution is 2.41. The van der Waals surface area contributed by atoms with Gasteiger partial charge in [-0.3, -0.25) is 9.59 Å². The molecule has 6 nitrogen and oxygen atoms in total.